The van der Waals surface area contributed by atoms with Gasteiger partial charge < -0.3 is 20.3 Å². The molecule has 9 heteroatoms. The zero-order valence-electron chi connectivity index (χ0n) is 17.7. The number of thioether (sulfide) groups is 1. The van der Waals surface area contributed by atoms with Crippen molar-refractivity contribution in [3.8, 4) is 17.1 Å². The van der Waals surface area contributed by atoms with E-state index in [-0.39, 0.29) is 5.91 Å². The Morgan fingerprint density at radius 2 is 1.91 bits per heavy atom. The van der Waals surface area contributed by atoms with Crippen LogP contribution in [0.2, 0.25) is 0 Å². The van der Waals surface area contributed by atoms with Gasteiger partial charge in [0.05, 0.1) is 24.1 Å². The average Bonchev–Trinajstić information content (AvgIpc) is 3.38. The minimum Gasteiger partial charge on any atom is -0.492 e. The number of nitrogens with one attached hydrogen (secondary N) is 1. The fourth-order valence-corrected chi connectivity index (χ4v) is 4.17. The van der Waals surface area contributed by atoms with Crippen molar-refractivity contribution in [2.45, 2.75) is 24.3 Å². The van der Waals surface area contributed by atoms with E-state index < -0.39 is 5.25 Å². The number of furan rings is 1. The maximum Gasteiger partial charge on any atom is 0.242 e. The van der Waals surface area contributed by atoms with Crippen molar-refractivity contribution < 1.29 is 13.9 Å². The molecule has 8 nitrogen and oxygen atoms in total. The van der Waals surface area contributed by atoms with Gasteiger partial charge in [-0.15, -0.1) is 10.2 Å². The van der Waals surface area contributed by atoms with E-state index in [1.165, 1.54) is 16.4 Å². The number of hydrogen-bond acceptors (Lipinski definition) is 7. The number of benzene rings is 2. The van der Waals surface area contributed by atoms with E-state index in [4.69, 9.17) is 15.0 Å². The van der Waals surface area contributed by atoms with Crippen LogP contribution in [-0.4, -0.2) is 27.4 Å². The summed E-state index contributed by atoms with van der Waals surface area (Å²) in [5, 5.41) is 11.2. The first kappa shape index (κ1) is 21.5. The Balaban J connectivity index is 1.64. The van der Waals surface area contributed by atoms with E-state index >= 15 is 0 Å². The van der Waals surface area contributed by atoms with Crippen LogP contribution < -0.4 is 15.9 Å². The zero-order chi connectivity index (χ0) is 22.5. The highest BCUT2D eigenvalue weighted by molar-refractivity contribution is 8.00. The summed E-state index contributed by atoms with van der Waals surface area (Å²) < 4.78 is 12.4. The van der Waals surface area contributed by atoms with Crippen LogP contribution in [0.3, 0.4) is 0 Å². The number of anilines is 1. The topological polar surface area (TPSA) is 108 Å². The number of hydrogen-bond donors (Lipinski definition) is 2. The van der Waals surface area contributed by atoms with Gasteiger partial charge >= 0.3 is 0 Å². The highest BCUT2D eigenvalue weighted by Crippen LogP contribution is 2.37. The normalized spacial score (nSPS) is 11.8. The Kier molecular flexibility index (Phi) is 6.46. The number of nitrogens with two attached hydrogens (primary N) is 1. The van der Waals surface area contributed by atoms with Gasteiger partial charge in [-0.1, -0.05) is 54.2 Å². The number of carbonyl (C=O) groups is 1. The number of aryl methyl sites for hydroxylation is 1. The fourth-order valence-electron chi connectivity index (χ4n) is 3.21. The predicted molar refractivity (Wildman–Crippen MR) is 124 cm³/mol. The summed E-state index contributed by atoms with van der Waals surface area (Å²) in [7, 11) is 0. The smallest absolute Gasteiger partial charge is 0.242 e. The Morgan fingerprint density at radius 1 is 1.16 bits per heavy atom. The van der Waals surface area contributed by atoms with Crippen LogP contribution >= 0.6 is 11.8 Å². The van der Waals surface area contributed by atoms with Crippen molar-refractivity contribution in [2.75, 3.05) is 17.8 Å². The van der Waals surface area contributed by atoms with Gasteiger partial charge in [0.2, 0.25) is 11.1 Å². The molecule has 0 radical (unpaired) electrons. The van der Waals surface area contributed by atoms with Gasteiger partial charge in [-0.05, 0) is 37.6 Å². The second-order valence-electron chi connectivity index (χ2n) is 6.89. The maximum absolute atomic E-state index is 13.4. The zero-order valence-corrected chi connectivity index (χ0v) is 18.5. The lowest BCUT2D eigenvalue weighted by molar-refractivity contribution is -0.115. The first-order valence-electron chi connectivity index (χ1n) is 10.1. The Morgan fingerprint density at radius 3 is 2.62 bits per heavy atom. The van der Waals surface area contributed by atoms with Crippen molar-refractivity contribution in [3.63, 3.8) is 0 Å². The molecule has 1 atom stereocenters. The number of ether oxygens (including phenoxy) is 1. The Bertz CT molecular complexity index is 1210. The molecule has 4 aromatic rings. The predicted octanol–water partition coefficient (Wildman–Crippen LogP) is 4.43. The molecule has 2 aromatic carbocycles. The molecule has 0 bridgehead atoms. The van der Waals surface area contributed by atoms with Gasteiger partial charge in [-0.2, -0.15) is 0 Å². The lowest BCUT2D eigenvalue weighted by Crippen LogP contribution is -2.21. The van der Waals surface area contributed by atoms with Crippen LogP contribution in [0.5, 0.6) is 5.75 Å². The van der Waals surface area contributed by atoms with Gasteiger partial charge in [0.1, 0.15) is 16.8 Å². The molecule has 0 aliphatic heterocycles. The second-order valence-corrected chi connectivity index (χ2v) is 7.97. The van der Waals surface area contributed by atoms with Crippen LogP contribution in [0.25, 0.3) is 11.4 Å². The number of nitrogens with zero attached hydrogens (tertiary/aromatic N) is 3. The van der Waals surface area contributed by atoms with Gasteiger partial charge in [0, 0.05) is 0 Å². The summed E-state index contributed by atoms with van der Waals surface area (Å²) in [4.78, 5) is 13.4. The Hall–Kier alpha value is -3.72. The fraction of sp³-hybridized carbons (Fsp3) is 0.174. The van der Waals surface area contributed by atoms with E-state index in [0.717, 1.165) is 11.1 Å². The molecular formula is C23H23N5O3S. The third-order valence-electron chi connectivity index (χ3n) is 4.77. The number of carbonyl (C=O) groups excluding carboxylic acids is 1. The van der Waals surface area contributed by atoms with Crippen LogP contribution in [0.15, 0.2) is 76.5 Å². The first-order chi connectivity index (χ1) is 15.6. The third-order valence-corrected chi connectivity index (χ3v) is 5.98. The molecule has 32 heavy (non-hydrogen) atoms. The van der Waals surface area contributed by atoms with E-state index in [9.17, 15) is 4.79 Å². The minimum atomic E-state index is -0.615. The minimum absolute atomic E-state index is 0.225. The van der Waals surface area contributed by atoms with Gasteiger partial charge in [0.25, 0.3) is 0 Å². The number of nitrogen functional groups attached to an aromatic ring is 1. The molecule has 0 saturated carbocycles. The summed E-state index contributed by atoms with van der Waals surface area (Å²) in [5.74, 6) is 7.82. The SMILES string of the molecule is CCOc1ccccc1NC(=O)C(Sc1nnc(-c2ccoc2C)n1N)c1ccccc1. The number of aromatic nitrogens is 3. The highest BCUT2D eigenvalue weighted by atomic mass is 32.2. The van der Waals surface area contributed by atoms with Gasteiger partial charge in [0.15, 0.2) is 5.82 Å². The van der Waals surface area contributed by atoms with E-state index in [0.29, 0.717) is 34.8 Å². The average molecular weight is 450 g/mol. The largest absolute Gasteiger partial charge is 0.492 e. The molecule has 3 N–H and O–H groups in total. The molecule has 0 fully saturated rings. The molecule has 4 rings (SSSR count). The third kappa shape index (κ3) is 4.47. The van der Waals surface area contributed by atoms with Gasteiger partial charge in [-0.3, -0.25) is 4.79 Å². The monoisotopic (exact) mass is 449 g/mol. The molecule has 0 aliphatic carbocycles. The molecule has 0 saturated heterocycles. The summed E-state index contributed by atoms with van der Waals surface area (Å²) >= 11 is 1.22. The molecule has 2 heterocycles. The van der Waals surface area contributed by atoms with Crippen LogP contribution in [-0.2, 0) is 4.79 Å². The molecular weight excluding hydrogens is 426 g/mol. The molecule has 0 spiro atoms. The summed E-state index contributed by atoms with van der Waals surface area (Å²) in [6, 6.07) is 18.6. The lowest BCUT2D eigenvalue weighted by Gasteiger charge is -2.18. The lowest BCUT2D eigenvalue weighted by atomic mass is 10.1. The standard InChI is InChI=1S/C23H23N5O3S/c1-3-30-19-12-8-7-11-18(19)25-22(29)20(16-9-5-4-6-10-16)32-23-27-26-21(28(23)24)17-13-14-31-15(17)2/h4-14,20H,3,24H2,1-2H3,(H,25,29). The van der Waals surface area contributed by atoms with Crippen molar-refractivity contribution >= 4 is 23.4 Å². The van der Waals surface area contributed by atoms with Crippen molar-refractivity contribution in [1.29, 1.82) is 0 Å². The van der Waals surface area contributed by atoms with E-state index in [1.54, 1.807) is 18.4 Å². The number of amides is 1. The van der Waals surface area contributed by atoms with Crippen LogP contribution in [0.4, 0.5) is 5.69 Å². The number of para-hydroxylation sites is 2. The molecule has 2 aromatic heterocycles. The van der Waals surface area contributed by atoms with Crippen LogP contribution in [0.1, 0.15) is 23.5 Å². The van der Waals surface area contributed by atoms with E-state index in [1.807, 2.05) is 62.4 Å². The molecule has 164 valence electrons. The van der Waals surface area contributed by atoms with Crippen molar-refractivity contribution in [2.24, 2.45) is 0 Å². The van der Waals surface area contributed by atoms with Crippen molar-refractivity contribution in [1.82, 2.24) is 14.9 Å². The molecule has 1 unspecified atom stereocenters. The van der Waals surface area contributed by atoms with Crippen molar-refractivity contribution in [3.05, 3.63) is 78.3 Å². The van der Waals surface area contributed by atoms with Crippen LogP contribution in [0, 0.1) is 6.92 Å². The highest BCUT2D eigenvalue weighted by Gasteiger charge is 2.27. The molecule has 1 amide bonds. The second kappa shape index (κ2) is 9.61. The van der Waals surface area contributed by atoms with Gasteiger partial charge in [-0.25, -0.2) is 4.68 Å². The summed E-state index contributed by atoms with van der Waals surface area (Å²) in [5.41, 5.74) is 2.16. The number of rotatable bonds is 8. The molecule has 0 aliphatic rings. The Labute approximate surface area is 189 Å². The van der Waals surface area contributed by atoms with E-state index in [2.05, 4.69) is 15.5 Å². The quantitative estimate of drug-likeness (QED) is 0.303. The summed E-state index contributed by atoms with van der Waals surface area (Å²) in [6.45, 7) is 4.22. The summed E-state index contributed by atoms with van der Waals surface area (Å²) in [6.07, 6.45) is 1.57. The maximum atomic E-state index is 13.4. The first-order valence-corrected chi connectivity index (χ1v) is 11.0.